The van der Waals surface area contributed by atoms with Gasteiger partial charge in [0.15, 0.2) is 0 Å². The first-order valence-corrected chi connectivity index (χ1v) is 4.67. The van der Waals surface area contributed by atoms with E-state index < -0.39 is 0 Å². The summed E-state index contributed by atoms with van der Waals surface area (Å²) in [6, 6.07) is 0.427. The van der Waals surface area contributed by atoms with Crippen molar-refractivity contribution in [2.45, 2.75) is 32.2 Å². The molecule has 0 atom stereocenters. The van der Waals surface area contributed by atoms with Crippen molar-refractivity contribution in [2.75, 3.05) is 19.8 Å². The molecule has 0 aromatic carbocycles. The van der Waals surface area contributed by atoms with Crippen LogP contribution in [0.1, 0.15) is 26.2 Å². The predicted octanol–water partition coefficient (Wildman–Crippen LogP) is 1.03. The zero-order chi connectivity index (χ0) is 8.81. The van der Waals surface area contributed by atoms with Crippen molar-refractivity contribution < 1.29 is 9.53 Å². The number of amides is 1. The van der Waals surface area contributed by atoms with Crippen LogP contribution >= 0.6 is 0 Å². The summed E-state index contributed by atoms with van der Waals surface area (Å²) in [7, 11) is 0. The monoisotopic (exact) mass is 171 g/mol. The molecule has 1 heterocycles. The summed E-state index contributed by atoms with van der Waals surface area (Å²) in [5.41, 5.74) is 0. The van der Waals surface area contributed by atoms with Crippen LogP contribution in [0.2, 0.25) is 0 Å². The molecule has 1 saturated heterocycles. The summed E-state index contributed by atoms with van der Waals surface area (Å²) in [6.45, 7) is 4.58. The molecule has 0 aromatic heterocycles. The van der Waals surface area contributed by atoms with E-state index in [2.05, 4.69) is 6.92 Å². The number of nitrogens with zero attached hydrogens (tertiary/aromatic N) is 1. The molecule has 1 fully saturated rings. The third-order valence-electron chi connectivity index (χ3n) is 2.28. The molecular formula is C9H17NO2. The van der Waals surface area contributed by atoms with Crippen molar-refractivity contribution in [3.8, 4) is 0 Å². The van der Waals surface area contributed by atoms with Crippen molar-refractivity contribution >= 4 is 6.41 Å². The Balaban J connectivity index is 2.34. The summed E-state index contributed by atoms with van der Waals surface area (Å²) in [5.74, 6) is 0. The molecular weight excluding hydrogens is 154 g/mol. The van der Waals surface area contributed by atoms with Gasteiger partial charge in [0.2, 0.25) is 6.41 Å². The van der Waals surface area contributed by atoms with Crippen molar-refractivity contribution in [2.24, 2.45) is 0 Å². The standard InChI is InChI=1S/C9H17NO2/c1-2-5-10(8-11)9-3-6-12-7-4-9/h8-9H,2-7H2,1H3. The molecule has 1 amide bonds. The molecule has 0 radical (unpaired) electrons. The molecule has 0 bridgehead atoms. The molecule has 1 rings (SSSR count). The zero-order valence-corrected chi connectivity index (χ0v) is 7.66. The van der Waals surface area contributed by atoms with E-state index in [0.717, 1.165) is 45.4 Å². The minimum atomic E-state index is 0.427. The van der Waals surface area contributed by atoms with Crippen LogP contribution in [0.25, 0.3) is 0 Å². The number of rotatable bonds is 4. The van der Waals surface area contributed by atoms with E-state index >= 15 is 0 Å². The molecule has 1 aliphatic heterocycles. The van der Waals surface area contributed by atoms with Crippen LogP contribution in [0, 0.1) is 0 Å². The fourth-order valence-electron chi connectivity index (χ4n) is 1.60. The van der Waals surface area contributed by atoms with Crippen molar-refractivity contribution in [1.82, 2.24) is 4.90 Å². The minimum absolute atomic E-state index is 0.427. The van der Waals surface area contributed by atoms with Gasteiger partial charge in [-0.1, -0.05) is 6.92 Å². The Morgan fingerprint density at radius 2 is 2.17 bits per heavy atom. The maximum Gasteiger partial charge on any atom is 0.209 e. The van der Waals surface area contributed by atoms with Crippen molar-refractivity contribution in [3.63, 3.8) is 0 Å². The van der Waals surface area contributed by atoms with Crippen LogP contribution in [0.5, 0.6) is 0 Å². The number of hydrogen-bond donors (Lipinski definition) is 0. The molecule has 1 aliphatic rings. The van der Waals surface area contributed by atoms with Crippen LogP contribution < -0.4 is 0 Å². The molecule has 70 valence electrons. The van der Waals surface area contributed by atoms with Crippen molar-refractivity contribution in [3.05, 3.63) is 0 Å². The average Bonchev–Trinajstić information content (AvgIpc) is 2.15. The lowest BCUT2D eigenvalue weighted by molar-refractivity contribution is -0.122. The second-order valence-electron chi connectivity index (χ2n) is 3.19. The lowest BCUT2D eigenvalue weighted by atomic mass is 10.1. The van der Waals surface area contributed by atoms with E-state index in [1.54, 1.807) is 0 Å². The molecule has 0 N–H and O–H groups in total. The van der Waals surface area contributed by atoms with Gasteiger partial charge in [-0.3, -0.25) is 4.79 Å². The molecule has 12 heavy (non-hydrogen) atoms. The third kappa shape index (κ3) is 2.48. The largest absolute Gasteiger partial charge is 0.381 e. The molecule has 0 aliphatic carbocycles. The smallest absolute Gasteiger partial charge is 0.209 e. The van der Waals surface area contributed by atoms with Gasteiger partial charge >= 0.3 is 0 Å². The highest BCUT2D eigenvalue weighted by atomic mass is 16.5. The van der Waals surface area contributed by atoms with Gasteiger partial charge in [-0.05, 0) is 19.3 Å². The van der Waals surface area contributed by atoms with Gasteiger partial charge in [-0.25, -0.2) is 0 Å². The number of ether oxygens (including phenoxy) is 1. The van der Waals surface area contributed by atoms with E-state index in [1.165, 1.54) is 0 Å². The fraction of sp³-hybridized carbons (Fsp3) is 0.889. The lowest BCUT2D eigenvalue weighted by Gasteiger charge is -2.30. The maximum atomic E-state index is 10.7. The SMILES string of the molecule is CCCN(C=O)C1CCOCC1. The van der Waals surface area contributed by atoms with Gasteiger partial charge in [-0.2, -0.15) is 0 Å². The lowest BCUT2D eigenvalue weighted by Crippen LogP contribution is -2.38. The predicted molar refractivity (Wildman–Crippen MR) is 46.9 cm³/mol. The Bertz CT molecular complexity index is 132. The van der Waals surface area contributed by atoms with E-state index in [9.17, 15) is 4.79 Å². The maximum absolute atomic E-state index is 10.7. The normalized spacial score (nSPS) is 19.1. The first kappa shape index (κ1) is 9.52. The molecule has 0 aromatic rings. The van der Waals surface area contributed by atoms with Crippen LogP contribution in [0.4, 0.5) is 0 Å². The first-order chi connectivity index (χ1) is 5.88. The van der Waals surface area contributed by atoms with E-state index in [1.807, 2.05) is 4.90 Å². The number of hydrogen-bond acceptors (Lipinski definition) is 2. The fourth-order valence-corrected chi connectivity index (χ4v) is 1.60. The van der Waals surface area contributed by atoms with Gasteiger partial charge in [0.25, 0.3) is 0 Å². The molecule has 3 nitrogen and oxygen atoms in total. The van der Waals surface area contributed by atoms with Gasteiger partial charge in [0, 0.05) is 25.8 Å². The quantitative estimate of drug-likeness (QED) is 0.591. The van der Waals surface area contributed by atoms with Crippen molar-refractivity contribution in [1.29, 1.82) is 0 Å². The number of carbonyl (C=O) groups excluding carboxylic acids is 1. The number of carbonyl (C=O) groups is 1. The highest BCUT2D eigenvalue weighted by molar-refractivity contribution is 5.47. The highest BCUT2D eigenvalue weighted by Gasteiger charge is 2.18. The second-order valence-corrected chi connectivity index (χ2v) is 3.19. The van der Waals surface area contributed by atoms with Gasteiger partial charge in [0.05, 0.1) is 0 Å². The summed E-state index contributed by atoms with van der Waals surface area (Å²) in [5, 5.41) is 0. The summed E-state index contributed by atoms with van der Waals surface area (Å²) < 4.78 is 5.23. The summed E-state index contributed by atoms with van der Waals surface area (Å²) >= 11 is 0. The Hall–Kier alpha value is -0.570. The zero-order valence-electron chi connectivity index (χ0n) is 7.66. The minimum Gasteiger partial charge on any atom is -0.381 e. The summed E-state index contributed by atoms with van der Waals surface area (Å²) in [6.07, 6.45) is 4.01. The molecule has 3 heteroatoms. The topological polar surface area (TPSA) is 29.5 Å². The van der Waals surface area contributed by atoms with Gasteiger partial charge in [-0.15, -0.1) is 0 Å². The van der Waals surface area contributed by atoms with Crippen LogP contribution in [-0.2, 0) is 9.53 Å². The van der Waals surface area contributed by atoms with Gasteiger partial charge < -0.3 is 9.64 Å². The highest BCUT2D eigenvalue weighted by Crippen LogP contribution is 2.12. The molecule has 0 saturated carbocycles. The second kappa shape index (κ2) is 5.14. The molecule has 0 spiro atoms. The van der Waals surface area contributed by atoms with Crippen LogP contribution in [0.15, 0.2) is 0 Å². The van der Waals surface area contributed by atoms with Crippen LogP contribution in [0.3, 0.4) is 0 Å². The Labute approximate surface area is 73.7 Å². The summed E-state index contributed by atoms with van der Waals surface area (Å²) in [4.78, 5) is 12.6. The van der Waals surface area contributed by atoms with E-state index in [4.69, 9.17) is 4.74 Å². The Morgan fingerprint density at radius 1 is 1.50 bits per heavy atom. The average molecular weight is 171 g/mol. The Kier molecular flexibility index (Phi) is 4.08. The molecule has 0 unspecified atom stereocenters. The Morgan fingerprint density at radius 3 is 2.67 bits per heavy atom. The third-order valence-corrected chi connectivity index (χ3v) is 2.28. The van der Waals surface area contributed by atoms with E-state index in [-0.39, 0.29) is 0 Å². The van der Waals surface area contributed by atoms with Crippen LogP contribution in [-0.4, -0.2) is 37.1 Å². The van der Waals surface area contributed by atoms with E-state index in [0.29, 0.717) is 6.04 Å². The van der Waals surface area contributed by atoms with Gasteiger partial charge in [0.1, 0.15) is 0 Å². The first-order valence-electron chi connectivity index (χ1n) is 4.67.